The molecule has 9 aliphatic heterocycles. The topological polar surface area (TPSA) is 344 Å². The molecule has 11 amide bonds. The van der Waals surface area contributed by atoms with E-state index in [-0.39, 0.29) is 78.4 Å². The first-order chi connectivity index (χ1) is 39.9. The Bertz CT molecular complexity index is 3570. The van der Waals surface area contributed by atoms with Crippen LogP contribution >= 0.6 is 0 Å². The molecule has 0 spiro atoms. The number of piperidine rings is 3. The largest absolute Gasteiger partial charge is 0.385 e. The van der Waals surface area contributed by atoms with Gasteiger partial charge in [-0.1, -0.05) is 18.2 Å². The minimum atomic E-state index is -1.00. The summed E-state index contributed by atoms with van der Waals surface area (Å²) in [6, 6.07) is 12.7. The van der Waals surface area contributed by atoms with Crippen LogP contribution in [0.1, 0.15) is 134 Å². The van der Waals surface area contributed by atoms with Crippen molar-refractivity contribution in [2.45, 2.75) is 119 Å². The van der Waals surface area contributed by atoms with Gasteiger partial charge in [-0.2, -0.15) is 20.5 Å². The summed E-state index contributed by atoms with van der Waals surface area (Å²) < 4.78 is 0. The van der Waals surface area contributed by atoms with Crippen LogP contribution in [0.25, 0.3) is 0 Å². The first-order valence-electron chi connectivity index (χ1n) is 26.8. The lowest BCUT2D eigenvalue weighted by molar-refractivity contribution is -0.138. The third-order valence-electron chi connectivity index (χ3n) is 15.4. The summed E-state index contributed by atoms with van der Waals surface area (Å²) >= 11 is 0. The molecule has 0 radical (unpaired) electrons. The molecule has 0 aromatic heterocycles. The van der Waals surface area contributed by atoms with Crippen LogP contribution in [0.5, 0.6) is 0 Å². The lowest BCUT2D eigenvalue weighted by atomic mass is 10.0. The number of terminal acetylenes is 3. The Morgan fingerprint density at radius 2 is 0.916 bits per heavy atom. The maximum atomic E-state index is 13.0. The molecule has 9 heterocycles. The van der Waals surface area contributed by atoms with E-state index < -0.39 is 82.6 Å². The summed E-state index contributed by atoms with van der Waals surface area (Å²) in [4.78, 5) is 138. The number of anilines is 3. The molecule has 12 rings (SSSR count). The normalized spacial score (nSPS) is 22.1. The zero-order chi connectivity index (χ0) is 58.8. The number of nitrogens with zero attached hydrogens (tertiary/aromatic N) is 9. The van der Waals surface area contributed by atoms with Gasteiger partial charge < -0.3 is 20.9 Å². The molecular weight excluding hydrogens is 1070 g/mol. The highest BCUT2D eigenvalue weighted by Gasteiger charge is 2.49. The highest BCUT2D eigenvalue weighted by atomic mass is 16.2. The summed E-state index contributed by atoms with van der Waals surface area (Å²) in [5.41, 5.74) is 2.40. The van der Waals surface area contributed by atoms with E-state index in [1.807, 2.05) is 12.1 Å². The van der Waals surface area contributed by atoms with Crippen LogP contribution in [0.4, 0.5) is 17.1 Å². The van der Waals surface area contributed by atoms with Gasteiger partial charge in [0.2, 0.25) is 35.4 Å². The predicted molar refractivity (Wildman–Crippen MR) is 291 cm³/mol. The summed E-state index contributed by atoms with van der Waals surface area (Å²) in [5.74, 6) is 2.47. The molecule has 422 valence electrons. The van der Waals surface area contributed by atoms with Crippen LogP contribution in [0.3, 0.4) is 0 Å². The smallest absolute Gasteiger partial charge is 0.267 e. The van der Waals surface area contributed by atoms with Crippen molar-refractivity contribution < 1.29 is 52.7 Å². The number of fused-ring (bicyclic) bond motifs is 3. The number of hydrogen-bond donors (Lipinski definition) is 6. The number of carbonyl (C=O) groups excluding carboxylic acids is 11. The van der Waals surface area contributed by atoms with E-state index in [9.17, 15) is 52.7 Å². The van der Waals surface area contributed by atoms with Gasteiger partial charge >= 0.3 is 0 Å². The fourth-order valence-electron chi connectivity index (χ4n) is 10.7. The van der Waals surface area contributed by atoms with Gasteiger partial charge in [-0.15, -0.1) is 41.3 Å². The number of nitrogens with one attached hydrogen (secondary N) is 6. The number of benzene rings is 3. The van der Waals surface area contributed by atoms with E-state index in [0.29, 0.717) is 68.7 Å². The average Bonchev–Trinajstić information content (AvgIpc) is 4.51. The second kappa shape index (κ2) is 22.7. The minimum Gasteiger partial charge on any atom is -0.385 e. The number of hydrogen-bond acceptors (Lipinski definition) is 20. The Hall–Kier alpha value is -10.3. The number of imide groups is 5. The zero-order valence-corrected chi connectivity index (χ0v) is 44.5. The fraction of sp³-hybridized carbons (Fsp3) is 0.386. The highest BCUT2D eigenvalue weighted by molar-refractivity contribution is 6.26. The molecule has 0 bridgehead atoms. The molecule has 0 aliphatic carbocycles. The van der Waals surface area contributed by atoms with Gasteiger partial charge in [-0.25, -0.2) is 0 Å². The molecule has 3 fully saturated rings. The molecule has 9 aliphatic rings. The second-order valence-corrected chi connectivity index (χ2v) is 20.7. The molecule has 6 N–H and O–H groups in total. The molecular formula is C57H53N15O11. The minimum absolute atomic E-state index is 0.0720. The summed E-state index contributed by atoms with van der Waals surface area (Å²) in [6.07, 6.45) is 21.0. The summed E-state index contributed by atoms with van der Waals surface area (Å²) in [5, 5.41) is 40.2. The maximum Gasteiger partial charge on any atom is 0.267 e. The Labute approximate surface area is 473 Å². The molecule has 3 aromatic carbocycles. The summed E-state index contributed by atoms with van der Waals surface area (Å²) in [6.45, 7) is 1.69. The van der Waals surface area contributed by atoms with E-state index in [4.69, 9.17) is 19.3 Å². The summed E-state index contributed by atoms with van der Waals surface area (Å²) in [7, 11) is 0. The van der Waals surface area contributed by atoms with E-state index in [1.54, 1.807) is 41.3 Å². The van der Waals surface area contributed by atoms with Crippen LogP contribution < -0.4 is 31.9 Å². The van der Waals surface area contributed by atoms with Crippen molar-refractivity contribution in [3.05, 3.63) is 88.0 Å². The van der Waals surface area contributed by atoms with Gasteiger partial charge in [0.05, 0.1) is 28.8 Å². The van der Waals surface area contributed by atoms with Gasteiger partial charge in [0, 0.05) is 106 Å². The van der Waals surface area contributed by atoms with E-state index in [0.717, 1.165) is 33.9 Å². The van der Waals surface area contributed by atoms with Crippen molar-refractivity contribution in [3.63, 3.8) is 0 Å². The fourth-order valence-corrected chi connectivity index (χ4v) is 10.7. The van der Waals surface area contributed by atoms with Crippen molar-refractivity contribution >= 4 is 82.0 Å². The lowest BCUT2D eigenvalue weighted by Gasteiger charge is -2.29. The number of rotatable bonds is 18. The Morgan fingerprint density at radius 3 is 1.34 bits per heavy atom. The van der Waals surface area contributed by atoms with Crippen LogP contribution in [0, 0.1) is 37.0 Å². The van der Waals surface area contributed by atoms with E-state index >= 15 is 0 Å². The van der Waals surface area contributed by atoms with Crippen LogP contribution in [-0.2, 0) is 35.3 Å². The van der Waals surface area contributed by atoms with Gasteiger partial charge in [-0.05, 0) is 61.6 Å². The first-order valence-corrected chi connectivity index (χ1v) is 26.8. The third kappa shape index (κ3) is 11.4. The molecule has 3 atom stereocenters. The standard InChI is InChI=1S/C20H19N5O4.C20H21N5O3.C17H13N5O4/c1-2-3-9-20(23-24-20)10-11-21-13-6-4-5-12-16(13)19(29)25(18(12)28)14-7-8-15(26)22-17(14)27;1-2-3-9-20(23-24-20)10-11-21-15-6-4-5-13-14(15)12-25(19(13)28)16-7-8-17(26)22-18(16)27;1-2-17(20-21-17)8-18-10-5-3-4-9-13(10)16(26)22(15(9)25)11-6-7-12(23)19-14(11)24/h1,4-6,14,21H,3,7-11H2,(H,22,26,27);1,4-6,16,21H,3,7-12H2,(H,22,26,27);1,3-5,11,18H,6-8H2,(H,19,23,24). The van der Waals surface area contributed by atoms with Crippen LogP contribution in [0.2, 0.25) is 0 Å². The Balaban J connectivity index is 0.000000139. The van der Waals surface area contributed by atoms with E-state index in [1.165, 1.54) is 6.07 Å². The molecule has 26 heteroatoms. The van der Waals surface area contributed by atoms with Crippen molar-refractivity contribution in [2.75, 3.05) is 35.6 Å². The highest BCUT2D eigenvalue weighted by Crippen LogP contribution is 2.40. The second-order valence-electron chi connectivity index (χ2n) is 20.7. The molecule has 0 saturated carbocycles. The molecule has 3 saturated heterocycles. The van der Waals surface area contributed by atoms with Gasteiger partial charge in [0.25, 0.3) is 35.2 Å². The number of carbonyl (C=O) groups is 11. The van der Waals surface area contributed by atoms with Crippen molar-refractivity contribution in [2.24, 2.45) is 30.7 Å². The van der Waals surface area contributed by atoms with Gasteiger partial charge in [0.1, 0.15) is 18.1 Å². The first kappa shape index (κ1) is 56.0. The maximum absolute atomic E-state index is 13.0. The molecule has 26 nitrogen and oxygen atoms in total. The monoisotopic (exact) mass is 1120 g/mol. The molecule has 83 heavy (non-hydrogen) atoms. The van der Waals surface area contributed by atoms with Crippen LogP contribution in [-0.4, -0.2) is 134 Å². The quantitative estimate of drug-likeness (QED) is 0.0784. The SMILES string of the molecule is C#CC1(CNc2cccc3c2C(=O)N(C2CCC(=O)NC2=O)C3=O)N=N1.C#CCCC1(CCNc2cccc3c2C(=O)N(C2CCC(=O)NC2=O)C3=O)N=N1.C#CCCC1(CCNc2cccc3c2CN(C2CCC(=O)NC2=O)C3=O)N=N1. The van der Waals surface area contributed by atoms with Crippen molar-refractivity contribution in [1.29, 1.82) is 0 Å². The Morgan fingerprint density at radius 1 is 0.494 bits per heavy atom. The van der Waals surface area contributed by atoms with Crippen LogP contribution in [0.15, 0.2) is 85.3 Å². The van der Waals surface area contributed by atoms with Crippen molar-refractivity contribution in [1.82, 2.24) is 30.7 Å². The number of amides is 11. The third-order valence-corrected chi connectivity index (χ3v) is 15.4. The predicted octanol–water partition coefficient (Wildman–Crippen LogP) is 3.59. The van der Waals surface area contributed by atoms with Gasteiger partial charge in [-0.3, -0.25) is 78.5 Å². The zero-order valence-electron chi connectivity index (χ0n) is 44.5. The Kier molecular flexibility index (Phi) is 15.3. The lowest BCUT2D eigenvalue weighted by Crippen LogP contribution is -2.54. The molecule has 3 unspecified atom stereocenters. The van der Waals surface area contributed by atoms with E-state index in [2.05, 4.69) is 80.3 Å². The van der Waals surface area contributed by atoms with Crippen molar-refractivity contribution in [3.8, 4) is 37.0 Å². The molecule has 3 aromatic rings. The van der Waals surface area contributed by atoms with Gasteiger partial charge in [0.15, 0.2) is 11.3 Å². The average molecular weight is 1120 g/mol.